The van der Waals surface area contributed by atoms with E-state index in [9.17, 15) is 4.39 Å². The Labute approximate surface area is 134 Å². The molecule has 0 aliphatic heterocycles. The number of halogens is 3. The highest BCUT2D eigenvalue weighted by Crippen LogP contribution is 2.25. The molecular weight excluding hydrogens is 365 g/mol. The summed E-state index contributed by atoms with van der Waals surface area (Å²) in [6, 6.07) is 9.53. The molecule has 104 valence electrons. The first kappa shape index (κ1) is 15.2. The van der Waals surface area contributed by atoms with E-state index in [4.69, 9.17) is 34.3 Å². The molecule has 0 aliphatic carbocycles. The molecule has 0 radical (unpaired) electrons. The van der Waals surface area contributed by atoms with Crippen molar-refractivity contribution in [1.82, 2.24) is 0 Å². The van der Waals surface area contributed by atoms with E-state index in [1.54, 1.807) is 18.2 Å². The second-order valence-electron chi connectivity index (χ2n) is 4.03. The molecule has 0 aliphatic rings. The zero-order chi connectivity index (χ0) is 14.7. The second kappa shape index (κ2) is 6.52. The van der Waals surface area contributed by atoms with Gasteiger partial charge in [0, 0.05) is 10.0 Å². The number of rotatable bonds is 4. The van der Waals surface area contributed by atoms with Gasteiger partial charge < -0.3 is 10.5 Å². The molecule has 0 saturated heterocycles. The van der Waals surface area contributed by atoms with E-state index in [1.807, 2.05) is 6.07 Å². The van der Waals surface area contributed by atoms with E-state index in [1.165, 1.54) is 12.1 Å². The quantitative estimate of drug-likeness (QED) is 0.803. The Balaban J connectivity index is 2.20. The molecule has 0 saturated carbocycles. The predicted octanol–water partition coefficient (Wildman–Crippen LogP) is 4.45. The third-order valence-electron chi connectivity index (χ3n) is 2.61. The van der Waals surface area contributed by atoms with Gasteiger partial charge in [-0.3, -0.25) is 0 Å². The molecular formula is C14H10BrClFNOS. The fourth-order valence-electron chi connectivity index (χ4n) is 1.61. The molecule has 0 unspecified atom stereocenters. The third kappa shape index (κ3) is 3.69. The molecule has 0 amide bonds. The molecule has 0 aromatic heterocycles. The van der Waals surface area contributed by atoms with Gasteiger partial charge >= 0.3 is 0 Å². The van der Waals surface area contributed by atoms with Gasteiger partial charge in [0.15, 0.2) is 0 Å². The minimum absolute atomic E-state index is 0.205. The van der Waals surface area contributed by atoms with Crippen LogP contribution in [-0.2, 0) is 6.61 Å². The lowest BCUT2D eigenvalue weighted by Crippen LogP contribution is -2.11. The van der Waals surface area contributed by atoms with E-state index in [2.05, 4.69) is 15.9 Å². The lowest BCUT2D eigenvalue weighted by molar-refractivity contribution is 0.305. The molecule has 2 rings (SSSR count). The molecule has 6 heteroatoms. The van der Waals surface area contributed by atoms with Crippen LogP contribution >= 0.6 is 39.7 Å². The van der Waals surface area contributed by atoms with Crippen LogP contribution in [-0.4, -0.2) is 4.99 Å². The van der Waals surface area contributed by atoms with E-state index < -0.39 is 0 Å². The van der Waals surface area contributed by atoms with Crippen molar-refractivity contribution in [3.63, 3.8) is 0 Å². The largest absolute Gasteiger partial charge is 0.488 e. The monoisotopic (exact) mass is 373 g/mol. The van der Waals surface area contributed by atoms with Crippen molar-refractivity contribution in [3.8, 4) is 5.75 Å². The van der Waals surface area contributed by atoms with Crippen molar-refractivity contribution < 1.29 is 9.13 Å². The SMILES string of the molecule is NC(=S)c1cc(Br)ccc1OCc1ccc(F)cc1Cl. The molecule has 0 spiro atoms. The van der Waals surface area contributed by atoms with Gasteiger partial charge in [0.25, 0.3) is 0 Å². The summed E-state index contributed by atoms with van der Waals surface area (Å²) in [5, 5.41) is 0.319. The minimum Gasteiger partial charge on any atom is -0.488 e. The van der Waals surface area contributed by atoms with Gasteiger partial charge in [-0.05, 0) is 30.3 Å². The van der Waals surface area contributed by atoms with Gasteiger partial charge in [0.05, 0.1) is 10.6 Å². The predicted molar refractivity (Wildman–Crippen MR) is 85.8 cm³/mol. The van der Waals surface area contributed by atoms with Crippen LogP contribution in [0.5, 0.6) is 5.75 Å². The highest BCUT2D eigenvalue weighted by atomic mass is 79.9. The maximum absolute atomic E-state index is 13.0. The van der Waals surface area contributed by atoms with Crippen LogP contribution in [0.4, 0.5) is 4.39 Å². The summed E-state index contributed by atoms with van der Waals surface area (Å²) in [7, 11) is 0. The number of nitrogens with two attached hydrogens (primary N) is 1. The number of ether oxygens (including phenoxy) is 1. The fourth-order valence-corrected chi connectivity index (χ4v) is 2.36. The van der Waals surface area contributed by atoms with Crippen molar-refractivity contribution in [2.24, 2.45) is 5.73 Å². The lowest BCUT2D eigenvalue weighted by Gasteiger charge is -2.12. The second-order valence-corrected chi connectivity index (χ2v) is 5.79. The summed E-state index contributed by atoms with van der Waals surface area (Å²) < 4.78 is 19.5. The summed E-state index contributed by atoms with van der Waals surface area (Å²) in [6.07, 6.45) is 0. The number of hydrogen-bond acceptors (Lipinski definition) is 2. The van der Waals surface area contributed by atoms with Crippen LogP contribution in [0.25, 0.3) is 0 Å². The van der Waals surface area contributed by atoms with Gasteiger partial charge in [0.2, 0.25) is 0 Å². The van der Waals surface area contributed by atoms with Crippen LogP contribution < -0.4 is 10.5 Å². The molecule has 2 nitrogen and oxygen atoms in total. The van der Waals surface area contributed by atoms with E-state index in [0.717, 1.165) is 4.47 Å². The molecule has 20 heavy (non-hydrogen) atoms. The van der Waals surface area contributed by atoms with Gasteiger partial charge in [-0.25, -0.2) is 4.39 Å². The zero-order valence-corrected chi connectivity index (χ0v) is 13.4. The normalized spacial score (nSPS) is 10.3. The number of hydrogen-bond donors (Lipinski definition) is 1. The first-order chi connectivity index (χ1) is 9.47. The van der Waals surface area contributed by atoms with E-state index in [-0.39, 0.29) is 17.4 Å². The molecule has 2 aromatic rings. The molecule has 2 N–H and O–H groups in total. The Morgan fingerprint density at radius 3 is 2.70 bits per heavy atom. The maximum atomic E-state index is 13.0. The highest BCUT2D eigenvalue weighted by molar-refractivity contribution is 9.10. The Morgan fingerprint density at radius 1 is 1.30 bits per heavy atom. The number of thiocarbonyl (C=S) groups is 1. The van der Waals surface area contributed by atoms with Gasteiger partial charge in [0.1, 0.15) is 23.2 Å². The average Bonchev–Trinajstić information content (AvgIpc) is 2.38. The molecule has 0 fully saturated rings. The molecule has 2 aromatic carbocycles. The van der Waals surface area contributed by atoms with Crippen LogP contribution in [0.2, 0.25) is 5.02 Å². The summed E-state index contributed by atoms with van der Waals surface area (Å²) >= 11 is 14.3. The van der Waals surface area contributed by atoms with Gasteiger partial charge in [-0.15, -0.1) is 0 Å². The Bertz CT molecular complexity index is 666. The zero-order valence-electron chi connectivity index (χ0n) is 10.2. The van der Waals surface area contributed by atoms with E-state index >= 15 is 0 Å². The maximum Gasteiger partial charge on any atom is 0.130 e. The summed E-state index contributed by atoms with van der Waals surface area (Å²) in [4.78, 5) is 0.242. The average molecular weight is 375 g/mol. The topological polar surface area (TPSA) is 35.2 Å². The first-order valence-electron chi connectivity index (χ1n) is 5.63. The van der Waals surface area contributed by atoms with Crippen molar-refractivity contribution >= 4 is 44.7 Å². The van der Waals surface area contributed by atoms with Crippen LogP contribution in [0.3, 0.4) is 0 Å². The van der Waals surface area contributed by atoms with Crippen molar-refractivity contribution in [2.45, 2.75) is 6.61 Å². The van der Waals surface area contributed by atoms with E-state index in [0.29, 0.717) is 21.9 Å². The standard InChI is InChI=1S/C14H10BrClFNOS/c15-9-2-4-13(11(5-9)14(18)20)19-7-8-1-3-10(17)6-12(8)16/h1-6H,7H2,(H2,18,20). The van der Waals surface area contributed by atoms with Crippen LogP contribution in [0, 0.1) is 5.82 Å². The van der Waals surface area contributed by atoms with Gasteiger partial charge in [-0.2, -0.15) is 0 Å². The Kier molecular flexibility index (Phi) is 4.96. The first-order valence-corrected chi connectivity index (χ1v) is 7.21. The van der Waals surface area contributed by atoms with Crippen LogP contribution in [0.1, 0.15) is 11.1 Å². The summed E-state index contributed by atoms with van der Waals surface area (Å²) in [5.74, 6) is 0.173. The van der Waals surface area contributed by atoms with Crippen molar-refractivity contribution in [2.75, 3.05) is 0 Å². The minimum atomic E-state index is -0.383. The summed E-state index contributed by atoms with van der Waals surface area (Å²) in [6.45, 7) is 0.205. The lowest BCUT2D eigenvalue weighted by atomic mass is 10.2. The van der Waals surface area contributed by atoms with Gasteiger partial charge in [-0.1, -0.05) is 45.8 Å². The van der Waals surface area contributed by atoms with Crippen LogP contribution in [0.15, 0.2) is 40.9 Å². The van der Waals surface area contributed by atoms with Crippen molar-refractivity contribution in [1.29, 1.82) is 0 Å². The van der Waals surface area contributed by atoms with Crippen molar-refractivity contribution in [3.05, 3.63) is 62.8 Å². The Hall–Kier alpha value is -1.17. The molecule has 0 bridgehead atoms. The Morgan fingerprint density at radius 2 is 2.05 bits per heavy atom. The summed E-state index contributed by atoms with van der Waals surface area (Å²) in [5.41, 5.74) is 6.97. The smallest absolute Gasteiger partial charge is 0.130 e. The molecule has 0 atom stereocenters. The highest BCUT2D eigenvalue weighted by Gasteiger charge is 2.09. The fraction of sp³-hybridized carbons (Fsp3) is 0.0714. The number of benzene rings is 2. The third-order valence-corrected chi connectivity index (χ3v) is 3.67. The molecule has 0 heterocycles.